The Hall–Kier alpha value is -1.61. The van der Waals surface area contributed by atoms with Gasteiger partial charge in [0, 0.05) is 11.1 Å². The second-order valence-corrected chi connectivity index (χ2v) is 3.46. The average molecular weight is 223 g/mol. The highest BCUT2D eigenvalue weighted by atomic mass is 35.5. The van der Waals surface area contributed by atoms with Gasteiger partial charge in [0.05, 0.1) is 11.4 Å². The summed E-state index contributed by atoms with van der Waals surface area (Å²) in [7, 11) is 0. The topological polar surface area (TPSA) is 54.4 Å². The lowest BCUT2D eigenvalue weighted by Crippen LogP contribution is -2.17. The monoisotopic (exact) mass is 222 g/mol. The number of carbonyl (C=O) groups excluding carboxylic acids is 2. The molecule has 0 unspecified atom stereocenters. The van der Waals surface area contributed by atoms with Gasteiger partial charge in [-0.1, -0.05) is 12.1 Å². The van der Waals surface area contributed by atoms with Crippen molar-refractivity contribution in [2.75, 3.05) is 5.88 Å². The molecular formula is C11H7ClO3. The SMILES string of the molecule is O=C1C(CCl)=CC(=O)c2c(O)cccc21. The van der Waals surface area contributed by atoms with Crippen molar-refractivity contribution in [3.8, 4) is 5.75 Å². The number of benzene rings is 1. The zero-order valence-corrected chi connectivity index (χ0v) is 8.41. The van der Waals surface area contributed by atoms with Crippen molar-refractivity contribution in [3.05, 3.63) is 41.0 Å². The summed E-state index contributed by atoms with van der Waals surface area (Å²) in [6.07, 6.45) is 1.18. The van der Waals surface area contributed by atoms with Crippen LogP contribution in [0.1, 0.15) is 20.7 Å². The average Bonchev–Trinajstić information content (AvgIpc) is 2.23. The Morgan fingerprint density at radius 2 is 2.00 bits per heavy atom. The van der Waals surface area contributed by atoms with E-state index in [-0.39, 0.29) is 39.9 Å². The van der Waals surface area contributed by atoms with Crippen molar-refractivity contribution < 1.29 is 14.7 Å². The zero-order chi connectivity index (χ0) is 11.0. The van der Waals surface area contributed by atoms with Gasteiger partial charge in [0.25, 0.3) is 0 Å². The number of aromatic hydroxyl groups is 1. The number of hydrogen-bond acceptors (Lipinski definition) is 3. The molecule has 4 heteroatoms. The Balaban J connectivity index is 2.67. The maximum atomic E-state index is 11.7. The number of alkyl halides is 1. The number of rotatable bonds is 1. The first kappa shape index (κ1) is 9.93. The lowest BCUT2D eigenvalue weighted by atomic mass is 9.89. The van der Waals surface area contributed by atoms with Gasteiger partial charge in [0.2, 0.25) is 0 Å². The van der Waals surface area contributed by atoms with Crippen molar-refractivity contribution >= 4 is 23.2 Å². The predicted octanol–water partition coefficient (Wildman–Crippen LogP) is 1.94. The minimum absolute atomic E-state index is 0.000328. The van der Waals surface area contributed by atoms with Gasteiger partial charge < -0.3 is 5.11 Å². The van der Waals surface area contributed by atoms with E-state index in [4.69, 9.17) is 11.6 Å². The van der Waals surface area contributed by atoms with Gasteiger partial charge in [-0.3, -0.25) is 9.59 Å². The predicted molar refractivity (Wildman–Crippen MR) is 55.6 cm³/mol. The fourth-order valence-corrected chi connectivity index (χ4v) is 1.76. The minimum atomic E-state index is -0.377. The third-order valence-electron chi connectivity index (χ3n) is 2.27. The van der Waals surface area contributed by atoms with E-state index in [1.807, 2.05) is 0 Å². The molecule has 0 saturated heterocycles. The molecule has 3 nitrogen and oxygen atoms in total. The van der Waals surface area contributed by atoms with Gasteiger partial charge in [-0.2, -0.15) is 0 Å². The molecule has 0 spiro atoms. The summed E-state index contributed by atoms with van der Waals surface area (Å²) in [6, 6.07) is 4.41. The third-order valence-corrected chi connectivity index (χ3v) is 2.56. The highest BCUT2D eigenvalue weighted by Crippen LogP contribution is 2.28. The molecule has 0 aromatic heterocycles. The van der Waals surface area contributed by atoms with E-state index >= 15 is 0 Å². The molecule has 0 radical (unpaired) electrons. The van der Waals surface area contributed by atoms with Gasteiger partial charge in [0.15, 0.2) is 11.6 Å². The van der Waals surface area contributed by atoms with E-state index in [1.54, 1.807) is 0 Å². The number of halogens is 1. The highest BCUT2D eigenvalue weighted by Gasteiger charge is 2.26. The van der Waals surface area contributed by atoms with Crippen LogP contribution >= 0.6 is 11.6 Å². The first-order valence-electron chi connectivity index (χ1n) is 4.32. The highest BCUT2D eigenvalue weighted by molar-refractivity contribution is 6.31. The number of carbonyl (C=O) groups is 2. The summed E-state index contributed by atoms with van der Waals surface area (Å²) in [4.78, 5) is 23.3. The molecule has 0 atom stereocenters. The quantitative estimate of drug-likeness (QED) is 0.739. The van der Waals surface area contributed by atoms with E-state index in [1.165, 1.54) is 24.3 Å². The largest absolute Gasteiger partial charge is 0.507 e. The minimum Gasteiger partial charge on any atom is -0.507 e. The summed E-state index contributed by atoms with van der Waals surface area (Å²) >= 11 is 5.54. The Labute approximate surface area is 91.0 Å². The molecule has 1 aromatic rings. The number of ketones is 2. The smallest absolute Gasteiger partial charge is 0.191 e. The van der Waals surface area contributed by atoms with Gasteiger partial charge in [0.1, 0.15) is 5.75 Å². The van der Waals surface area contributed by atoms with Crippen LogP contribution in [0.25, 0.3) is 0 Å². The summed E-state index contributed by atoms with van der Waals surface area (Å²) in [6.45, 7) is 0. The molecule has 76 valence electrons. The molecule has 2 rings (SSSR count). The van der Waals surface area contributed by atoms with Gasteiger partial charge in [-0.25, -0.2) is 0 Å². The van der Waals surface area contributed by atoms with Crippen LogP contribution in [0, 0.1) is 0 Å². The van der Waals surface area contributed by atoms with E-state index in [2.05, 4.69) is 0 Å². The van der Waals surface area contributed by atoms with E-state index in [0.717, 1.165) is 0 Å². The number of phenols is 1. The Bertz CT molecular complexity index is 489. The molecule has 0 amide bonds. The molecule has 0 fully saturated rings. The van der Waals surface area contributed by atoms with Crippen LogP contribution in [-0.4, -0.2) is 22.6 Å². The molecule has 0 saturated carbocycles. The molecule has 0 bridgehead atoms. The fraction of sp³-hybridized carbons (Fsp3) is 0.0909. The first-order chi connectivity index (χ1) is 7.15. The van der Waals surface area contributed by atoms with Gasteiger partial charge in [-0.05, 0) is 12.1 Å². The number of fused-ring (bicyclic) bond motifs is 1. The van der Waals surface area contributed by atoms with Crippen LogP contribution < -0.4 is 0 Å². The number of Topliss-reactive ketones (excluding diaryl/α,β-unsaturated/α-hetero) is 1. The van der Waals surface area contributed by atoms with Crippen molar-refractivity contribution in [1.29, 1.82) is 0 Å². The van der Waals surface area contributed by atoms with Gasteiger partial charge >= 0.3 is 0 Å². The summed E-state index contributed by atoms with van der Waals surface area (Å²) in [5.74, 6) is -0.843. The summed E-state index contributed by atoms with van der Waals surface area (Å²) in [5, 5.41) is 9.47. The lowest BCUT2D eigenvalue weighted by Gasteiger charge is -2.13. The zero-order valence-electron chi connectivity index (χ0n) is 7.66. The second kappa shape index (κ2) is 3.51. The van der Waals surface area contributed by atoms with Crippen LogP contribution in [0.5, 0.6) is 5.75 Å². The molecular weight excluding hydrogens is 216 g/mol. The maximum Gasteiger partial charge on any atom is 0.191 e. The Morgan fingerprint density at radius 1 is 1.27 bits per heavy atom. The number of phenolic OH excluding ortho intramolecular Hbond substituents is 1. The first-order valence-corrected chi connectivity index (χ1v) is 4.86. The molecule has 1 aliphatic rings. The van der Waals surface area contributed by atoms with E-state index in [9.17, 15) is 14.7 Å². The Kier molecular flexibility index (Phi) is 2.32. The van der Waals surface area contributed by atoms with Crippen LogP contribution in [0.4, 0.5) is 0 Å². The lowest BCUT2D eigenvalue weighted by molar-refractivity contribution is 0.0982. The molecule has 1 aromatic carbocycles. The van der Waals surface area contributed by atoms with Crippen LogP contribution in [0.2, 0.25) is 0 Å². The third kappa shape index (κ3) is 1.45. The van der Waals surface area contributed by atoms with Crippen molar-refractivity contribution in [1.82, 2.24) is 0 Å². The van der Waals surface area contributed by atoms with Crippen LogP contribution in [0.3, 0.4) is 0 Å². The fourth-order valence-electron chi connectivity index (χ4n) is 1.56. The molecule has 1 aliphatic carbocycles. The second-order valence-electron chi connectivity index (χ2n) is 3.20. The van der Waals surface area contributed by atoms with Crippen molar-refractivity contribution in [2.24, 2.45) is 0 Å². The number of allylic oxidation sites excluding steroid dienone is 2. The van der Waals surface area contributed by atoms with Crippen molar-refractivity contribution in [3.63, 3.8) is 0 Å². The maximum absolute atomic E-state index is 11.7. The van der Waals surface area contributed by atoms with Crippen LogP contribution in [-0.2, 0) is 0 Å². The molecule has 0 aliphatic heterocycles. The summed E-state index contributed by atoms with van der Waals surface area (Å²) < 4.78 is 0. The van der Waals surface area contributed by atoms with Crippen molar-refractivity contribution in [2.45, 2.75) is 0 Å². The molecule has 1 N–H and O–H groups in total. The summed E-state index contributed by atoms with van der Waals surface area (Å²) in [5.41, 5.74) is 0.550. The standard InChI is InChI=1S/C11H7ClO3/c12-5-6-4-9(14)10-7(11(6)15)2-1-3-8(10)13/h1-4,13H,5H2. The molecule has 0 heterocycles. The normalized spacial score (nSPS) is 14.9. The van der Waals surface area contributed by atoms with Crippen LogP contribution in [0.15, 0.2) is 29.8 Å². The van der Waals surface area contributed by atoms with E-state index < -0.39 is 0 Å². The number of hydrogen-bond donors (Lipinski definition) is 1. The molecule has 15 heavy (non-hydrogen) atoms. The Morgan fingerprint density at radius 3 is 2.67 bits per heavy atom. The van der Waals surface area contributed by atoms with Gasteiger partial charge in [-0.15, -0.1) is 11.6 Å². The van der Waals surface area contributed by atoms with E-state index in [0.29, 0.717) is 0 Å².